The first kappa shape index (κ1) is 18.5. The van der Waals surface area contributed by atoms with Gasteiger partial charge in [0.1, 0.15) is 5.60 Å². The largest absolute Gasteiger partial charge is 0.444 e. The van der Waals surface area contributed by atoms with Gasteiger partial charge in [-0.25, -0.2) is 4.79 Å². The number of amides is 1. The van der Waals surface area contributed by atoms with Gasteiger partial charge in [-0.15, -0.1) is 0 Å². The van der Waals surface area contributed by atoms with Gasteiger partial charge in [0.15, 0.2) is 0 Å². The number of benzene rings is 3. The number of carbonyl (C=O) groups is 1. The molecule has 0 aliphatic rings. The Morgan fingerprint density at radius 2 is 1.44 bits per heavy atom. The quantitative estimate of drug-likeness (QED) is 0.567. The number of nitrogens with one attached hydrogen (secondary N) is 1. The van der Waals surface area contributed by atoms with Crippen LogP contribution in [-0.2, 0) is 4.74 Å². The summed E-state index contributed by atoms with van der Waals surface area (Å²) in [6, 6.07) is 23.9. The van der Waals surface area contributed by atoms with Gasteiger partial charge in [0.05, 0.1) is 0 Å². The zero-order chi connectivity index (χ0) is 19.4. The summed E-state index contributed by atoms with van der Waals surface area (Å²) in [6.45, 7) is 5.47. The van der Waals surface area contributed by atoms with Gasteiger partial charge in [0.25, 0.3) is 0 Å². The van der Waals surface area contributed by atoms with Gasteiger partial charge >= 0.3 is 6.09 Å². The van der Waals surface area contributed by atoms with Crippen LogP contribution in [0.4, 0.5) is 16.2 Å². The van der Waals surface area contributed by atoms with E-state index in [0.717, 1.165) is 16.7 Å². The van der Waals surface area contributed by atoms with Gasteiger partial charge in [-0.2, -0.15) is 0 Å². The van der Waals surface area contributed by atoms with Crippen LogP contribution in [0.25, 0.3) is 22.3 Å². The molecule has 0 fully saturated rings. The van der Waals surface area contributed by atoms with E-state index < -0.39 is 11.7 Å². The van der Waals surface area contributed by atoms with Crippen LogP contribution in [0.5, 0.6) is 0 Å². The van der Waals surface area contributed by atoms with E-state index in [2.05, 4.69) is 41.7 Å². The molecule has 0 atom stereocenters. The van der Waals surface area contributed by atoms with E-state index in [1.54, 1.807) is 6.07 Å². The lowest BCUT2D eigenvalue weighted by atomic mass is 9.99. The predicted molar refractivity (Wildman–Crippen MR) is 112 cm³/mol. The number of hydrogen-bond acceptors (Lipinski definition) is 3. The fourth-order valence-corrected chi connectivity index (χ4v) is 2.80. The van der Waals surface area contributed by atoms with Gasteiger partial charge in [0.2, 0.25) is 0 Å². The van der Waals surface area contributed by atoms with Crippen molar-refractivity contribution in [2.45, 2.75) is 26.4 Å². The molecule has 3 aromatic rings. The Morgan fingerprint density at radius 3 is 2.04 bits per heavy atom. The van der Waals surface area contributed by atoms with Gasteiger partial charge in [0, 0.05) is 16.9 Å². The van der Waals surface area contributed by atoms with Crippen molar-refractivity contribution in [2.75, 3.05) is 11.1 Å². The summed E-state index contributed by atoms with van der Waals surface area (Å²) in [7, 11) is 0. The Morgan fingerprint density at radius 1 is 0.852 bits per heavy atom. The van der Waals surface area contributed by atoms with E-state index in [1.165, 1.54) is 5.56 Å². The molecule has 27 heavy (non-hydrogen) atoms. The molecule has 0 spiro atoms. The van der Waals surface area contributed by atoms with Crippen LogP contribution in [-0.4, -0.2) is 11.7 Å². The first-order chi connectivity index (χ1) is 12.8. The average Bonchev–Trinajstić information content (AvgIpc) is 2.61. The molecule has 3 N–H and O–H groups in total. The fourth-order valence-electron chi connectivity index (χ4n) is 2.80. The maximum Gasteiger partial charge on any atom is 0.412 e. The predicted octanol–water partition coefficient (Wildman–Crippen LogP) is 5.95. The lowest BCUT2D eigenvalue weighted by molar-refractivity contribution is 0.0636. The molecular weight excluding hydrogens is 336 g/mol. The van der Waals surface area contributed by atoms with E-state index >= 15 is 0 Å². The summed E-state index contributed by atoms with van der Waals surface area (Å²) < 4.78 is 5.26. The normalized spacial score (nSPS) is 11.1. The molecule has 138 valence electrons. The minimum atomic E-state index is -0.546. The molecule has 3 aromatic carbocycles. The summed E-state index contributed by atoms with van der Waals surface area (Å²) in [5.41, 5.74) is 11.1. The molecular formula is C23H24N2O2. The highest BCUT2D eigenvalue weighted by Crippen LogP contribution is 2.30. The molecule has 3 rings (SSSR count). The van der Waals surface area contributed by atoms with Gasteiger partial charge in [-0.1, -0.05) is 60.7 Å². The zero-order valence-electron chi connectivity index (χ0n) is 15.8. The fraction of sp³-hybridized carbons (Fsp3) is 0.174. The number of carbonyl (C=O) groups excluding carboxylic acids is 1. The minimum absolute atomic E-state index is 0.498. The molecule has 1 amide bonds. The number of ether oxygens (including phenoxy) is 1. The third-order valence-electron chi connectivity index (χ3n) is 4.00. The minimum Gasteiger partial charge on any atom is -0.444 e. The standard InChI is InChI=1S/C23H24N2O2/c1-23(2,3)27-22(26)25-19-13-14-20(21(24)15-19)18-11-9-17(10-12-18)16-7-5-4-6-8-16/h4-15H,24H2,1-3H3,(H,25,26). The van der Waals surface area contributed by atoms with Crippen molar-refractivity contribution < 1.29 is 9.53 Å². The van der Waals surface area contributed by atoms with Crippen molar-refractivity contribution in [1.29, 1.82) is 0 Å². The SMILES string of the molecule is CC(C)(C)OC(=O)Nc1ccc(-c2ccc(-c3ccccc3)cc2)c(N)c1. The maximum atomic E-state index is 11.9. The zero-order valence-corrected chi connectivity index (χ0v) is 15.8. The van der Waals surface area contributed by atoms with Crippen LogP contribution in [0.1, 0.15) is 20.8 Å². The van der Waals surface area contributed by atoms with E-state index in [0.29, 0.717) is 11.4 Å². The van der Waals surface area contributed by atoms with Crippen LogP contribution in [0.15, 0.2) is 72.8 Å². The Kier molecular flexibility index (Phi) is 5.17. The molecule has 0 saturated heterocycles. The van der Waals surface area contributed by atoms with Crippen molar-refractivity contribution in [2.24, 2.45) is 0 Å². The van der Waals surface area contributed by atoms with Gasteiger partial charge in [-0.3, -0.25) is 5.32 Å². The molecule has 0 aliphatic heterocycles. The topological polar surface area (TPSA) is 64.3 Å². The van der Waals surface area contributed by atoms with Crippen LogP contribution in [0.2, 0.25) is 0 Å². The molecule has 0 aromatic heterocycles. The highest BCUT2D eigenvalue weighted by molar-refractivity contribution is 5.88. The lowest BCUT2D eigenvalue weighted by Gasteiger charge is -2.20. The van der Waals surface area contributed by atoms with E-state index in [4.69, 9.17) is 10.5 Å². The van der Waals surface area contributed by atoms with Crippen LogP contribution in [0, 0.1) is 0 Å². The first-order valence-corrected chi connectivity index (χ1v) is 8.87. The van der Waals surface area contributed by atoms with Gasteiger partial charge in [-0.05, 0) is 49.6 Å². The molecule has 0 radical (unpaired) electrons. The van der Waals surface area contributed by atoms with Crippen molar-refractivity contribution in [1.82, 2.24) is 0 Å². The number of nitrogen functional groups attached to an aromatic ring is 1. The van der Waals surface area contributed by atoms with Crippen molar-refractivity contribution in [3.63, 3.8) is 0 Å². The van der Waals surface area contributed by atoms with E-state index in [-0.39, 0.29) is 0 Å². The number of anilines is 2. The van der Waals surface area contributed by atoms with Crippen LogP contribution < -0.4 is 11.1 Å². The van der Waals surface area contributed by atoms with Crippen molar-refractivity contribution in [3.8, 4) is 22.3 Å². The molecule has 0 aliphatic carbocycles. The van der Waals surface area contributed by atoms with Crippen LogP contribution >= 0.6 is 0 Å². The smallest absolute Gasteiger partial charge is 0.412 e. The number of hydrogen-bond donors (Lipinski definition) is 2. The van der Waals surface area contributed by atoms with Crippen LogP contribution in [0.3, 0.4) is 0 Å². The number of nitrogens with two attached hydrogens (primary N) is 1. The average molecular weight is 360 g/mol. The maximum absolute atomic E-state index is 11.9. The summed E-state index contributed by atoms with van der Waals surface area (Å²) >= 11 is 0. The molecule has 0 bridgehead atoms. The Labute approximate surface area is 160 Å². The second-order valence-corrected chi connectivity index (χ2v) is 7.37. The monoisotopic (exact) mass is 360 g/mol. The second kappa shape index (κ2) is 7.54. The van der Waals surface area contributed by atoms with Crippen molar-refractivity contribution >= 4 is 17.5 Å². The third kappa shape index (κ3) is 4.88. The molecule has 4 heteroatoms. The second-order valence-electron chi connectivity index (χ2n) is 7.37. The summed E-state index contributed by atoms with van der Waals surface area (Å²) in [5, 5.41) is 2.71. The third-order valence-corrected chi connectivity index (χ3v) is 4.00. The molecule has 0 saturated carbocycles. The Balaban J connectivity index is 1.77. The lowest BCUT2D eigenvalue weighted by Crippen LogP contribution is -2.27. The Bertz CT molecular complexity index is 927. The van der Waals surface area contributed by atoms with Crippen molar-refractivity contribution in [3.05, 3.63) is 72.8 Å². The first-order valence-electron chi connectivity index (χ1n) is 8.87. The molecule has 0 unspecified atom stereocenters. The number of rotatable bonds is 3. The van der Waals surface area contributed by atoms with Gasteiger partial charge < -0.3 is 10.5 Å². The summed E-state index contributed by atoms with van der Waals surface area (Å²) in [6.07, 6.45) is -0.498. The highest BCUT2D eigenvalue weighted by Gasteiger charge is 2.16. The van der Waals surface area contributed by atoms with E-state index in [9.17, 15) is 4.79 Å². The Hall–Kier alpha value is -3.27. The summed E-state index contributed by atoms with van der Waals surface area (Å²) in [5.74, 6) is 0. The summed E-state index contributed by atoms with van der Waals surface area (Å²) in [4.78, 5) is 11.9. The molecule has 4 nitrogen and oxygen atoms in total. The van der Waals surface area contributed by atoms with E-state index in [1.807, 2.05) is 51.1 Å². The highest BCUT2D eigenvalue weighted by atomic mass is 16.6. The molecule has 0 heterocycles.